The topological polar surface area (TPSA) is 102 Å². The number of carbonyl (C=O) groups excluding carboxylic acids is 1. The highest BCUT2D eigenvalue weighted by atomic mass is 32.2. The fraction of sp³-hybridized carbons (Fsp3) is 0.588. The number of anilines is 1. The van der Waals surface area contributed by atoms with E-state index in [0.717, 1.165) is 12.0 Å². The van der Waals surface area contributed by atoms with Crippen LogP contribution >= 0.6 is 0 Å². The van der Waals surface area contributed by atoms with Crippen molar-refractivity contribution in [1.82, 2.24) is 4.31 Å². The molecule has 1 aliphatic rings. The Hall–Kier alpha value is -1.48. The van der Waals surface area contributed by atoms with Gasteiger partial charge in [-0.05, 0) is 50.4 Å². The zero-order valence-corrected chi connectivity index (χ0v) is 15.6. The molecule has 0 aliphatic carbocycles. The van der Waals surface area contributed by atoms with Gasteiger partial charge in [-0.2, -0.15) is 4.31 Å². The largest absolute Gasteiger partial charge is 0.378 e. The quantitative estimate of drug-likeness (QED) is 0.709. The van der Waals surface area contributed by atoms with E-state index in [-0.39, 0.29) is 16.9 Å². The van der Waals surface area contributed by atoms with Crippen molar-refractivity contribution in [1.29, 1.82) is 0 Å². The molecule has 1 aromatic rings. The number of sulfonamides is 1. The number of nitrogens with zero attached hydrogens (tertiary/aromatic N) is 1. The van der Waals surface area contributed by atoms with Crippen LogP contribution in [0.3, 0.4) is 0 Å². The lowest BCUT2D eigenvalue weighted by Crippen LogP contribution is -2.41. The van der Waals surface area contributed by atoms with Gasteiger partial charge in [-0.3, -0.25) is 4.79 Å². The van der Waals surface area contributed by atoms with E-state index in [2.05, 4.69) is 5.32 Å². The Bertz CT molecular complexity index is 698. The third-order valence-electron chi connectivity index (χ3n) is 4.26. The van der Waals surface area contributed by atoms with Crippen LogP contribution in [0.15, 0.2) is 23.1 Å². The number of ether oxygens (including phenoxy) is 1. The maximum absolute atomic E-state index is 12.9. The molecule has 1 heterocycles. The molecule has 3 N–H and O–H groups in total. The number of aryl methyl sites for hydroxylation is 1. The van der Waals surface area contributed by atoms with Crippen molar-refractivity contribution in [3.63, 3.8) is 0 Å². The van der Waals surface area contributed by atoms with Crippen molar-refractivity contribution in [2.45, 2.75) is 44.1 Å². The average molecular weight is 369 g/mol. The summed E-state index contributed by atoms with van der Waals surface area (Å²) in [7, 11) is -3.58. The molecule has 1 aromatic carbocycles. The van der Waals surface area contributed by atoms with Crippen molar-refractivity contribution in [3.8, 4) is 0 Å². The molecule has 0 unspecified atom stereocenters. The summed E-state index contributed by atoms with van der Waals surface area (Å²) in [6.45, 7) is 5.29. The third-order valence-corrected chi connectivity index (χ3v) is 6.16. The van der Waals surface area contributed by atoms with Crippen LogP contribution in [0.1, 0.15) is 31.7 Å². The van der Waals surface area contributed by atoms with Crippen LogP contribution in [0.2, 0.25) is 0 Å². The van der Waals surface area contributed by atoms with Gasteiger partial charge in [0, 0.05) is 32.3 Å². The van der Waals surface area contributed by atoms with Gasteiger partial charge in [-0.1, -0.05) is 6.07 Å². The molecule has 1 fully saturated rings. The number of carbonyl (C=O) groups is 1. The molecule has 8 heteroatoms. The van der Waals surface area contributed by atoms with Gasteiger partial charge in [0.05, 0.1) is 11.0 Å². The minimum Gasteiger partial charge on any atom is -0.378 e. The van der Waals surface area contributed by atoms with Crippen LogP contribution in [0.5, 0.6) is 0 Å². The third kappa shape index (κ3) is 5.24. The summed E-state index contributed by atoms with van der Waals surface area (Å²) in [5.41, 5.74) is 6.79. The number of nitrogens with one attached hydrogen (secondary N) is 1. The molecule has 0 saturated carbocycles. The second-order valence-corrected chi connectivity index (χ2v) is 8.21. The second-order valence-electron chi connectivity index (χ2n) is 6.27. The molecule has 1 aliphatic heterocycles. The smallest absolute Gasteiger partial charge is 0.243 e. The van der Waals surface area contributed by atoms with Gasteiger partial charge < -0.3 is 15.8 Å². The lowest BCUT2D eigenvalue weighted by molar-refractivity contribution is -0.114. The van der Waals surface area contributed by atoms with E-state index in [4.69, 9.17) is 10.5 Å². The Morgan fingerprint density at radius 3 is 2.64 bits per heavy atom. The number of amides is 1. The van der Waals surface area contributed by atoms with Crippen LogP contribution in [0.4, 0.5) is 5.69 Å². The lowest BCUT2D eigenvalue weighted by Gasteiger charge is -2.31. The van der Waals surface area contributed by atoms with Gasteiger partial charge in [0.1, 0.15) is 0 Å². The highest BCUT2D eigenvalue weighted by molar-refractivity contribution is 7.89. The summed E-state index contributed by atoms with van der Waals surface area (Å²) in [5.74, 6) is -0.229. The summed E-state index contributed by atoms with van der Waals surface area (Å²) in [6.07, 6.45) is 2.25. The monoisotopic (exact) mass is 369 g/mol. The van der Waals surface area contributed by atoms with Gasteiger partial charge in [-0.25, -0.2) is 8.42 Å². The Morgan fingerprint density at radius 2 is 2.04 bits per heavy atom. The van der Waals surface area contributed by atoms with E-state index in [1.54, 1.807) is 12.1 Å². The molecule has 0 bridgehead atoms. The Balaban J connectivity index is 2.06. The molecule has 0 aromatic heterocycles. The van der Waals surface area contributed by atoms with E-state index in [1.165, 1.54) is 17.3 Å². The van der Waals surface area contributed by atoms with Gasteiger partial charge in [-0.15, -0.1) is 0 Å². The minimum absolute atomic E-state index is 0.0889. The Kier molecular flexibility index (Phi) is 6.95. The van der Waals surface area contributed by atoms with Crippen molar-refractivity contribution in [2.75, 3.05) is 31.6 Å². The van der Waals surface area contributed by atoms with Gasteiger partial charge in [0.25, 0.3) is 0 Å². The zero-order valence-electron chi connectivity index (χ0n) is 14.8. The standard InChI is InChI=1S/C17H27N3O4S/c1-13-4-5-16(12-17(13)19-14(2)21)25(22,23)20-9-6-15(7-10-20)24-11-3-8-18/h4-5,12,15H,3,6-11,18H2,1-2H3,(H,19,21). The van der Waals surface area contributed by atoms with Crippen LogP contribution in [-0.4, -0.2) is 51.0 Å². The van der Waals surface area contributed by atoms with E-state index in [0.29, 0.717) is 44.8 Å². The molecule has 140 valence electrons. The summed E-state index contributed by atoms with van der Waals surface area (Å²) in [4.78, 5) is 11.5. The normalized spacial score (nSPS) is 16.8. The fourth-order valence-corrected chi connectivity index (χ4v) is 4.30. The molecule has 1 saturated heterocycles. The first-order chi connectivity index (χ1) is 11.8. The van der Waals surface area contributed by atoms with Gasteiger partial charge >= 0.3 is 0 Å². The van der Waals surface area contributed by atoms with Gasteiger partial charge in [0.2, 0.25) is 15.9 Å². The molecular formula is C17H27N3O4S. The number of hydrogen-bond donors (Lipinski definition) is 2. The molecule has 25 heavy (non-hydrogen) atoms. The minimum atomic E-state index is -3.58. The molecule has 0 spiro atoms. The number of piperidine rings is 1. The second kappa shape index (κ2) is 8.75. The van der Waals surface area contributed by atoms with Crippen LogP contribution < -0.4 is 11.1 Å². The predicted octanol–water partition coefficient (Wildman–Crippen LogP) is 1.47. The molecule has 2 rings (SSSR count). The first-order valence-corrected chi connectivity index (χ1v) is 9.98. The maximum atomic E-state index is 12.9. The first-order valence-electron chi connectivity index (χ1n) is 8.54. The molecule has 0 atom stereocenters. The molecular weight excluding hydrogens is 342 g/mol. The fourth-order valence-electron chi connectivity index (χ4n) is 2.81. The van der Waals surface area contributed by atoms with Crippen molar-refractivity contribution in [2.24, 2.45) is 5.73 Å². The molecule has 0 radical (unpaired) electrons. The summed E-state index contributed by atoms with van der Waals surface area (Å²) < 4.78 is 32.9. The van der Waals surface area contributed by atoms with Crippen molar-refractivity contribution in [3.05, 3.63) is 23.8 Å². The van der Waals surface area contributed by atoms with Crippen LogP contribution in [0.25, 0.3) is 0 Å². The highest BCUT2D eigenvalue weighted by Crippen LogP contribution is 2.26. The predicted molar refractivity (Wildman–Crippen MR) is 96.9 cm³/mol. The Morgan fingerprint density at radius 1 is 1.36 bits per heavy atom. The van der Waals surface area contributed by atoms with Crippen LogP contribution in [0, 0.1) is 6.92 Å². The average Bonchev–Trinajstić information content (AvgIpc) is 2.57. The van der Waals surface area contributed by atoms with E-state index in [9.17, 15) is 13.2 Å². The number of nitrogens with two attached hydrogens (primary N) is 1. The van der Waals surface area contributed by atoms with E-state index >= 15 is 0 Å². The summed E-state index contributed by atoms with van der Waals surface area (Å²) in [6, 6.07) is 4.82. The first kappa shape index (κ1) is 19.8. The number of rotatable bonds is 7. The van der Waals surface area contributed by atoms with E-state index < -0.39 is 10.0 Å². The van der Waals surface area contributed by atoms with Gasteiger partial charge in [0.15, 0.2) is 0 Å². The number of benzene rings is 1. The van der Waals surface area contributed by atoms with Crippen LogP contribution in [-0.2, 0) is 19.6 Å². The lowest BCUT2D eigenvalue weighted by atomic mass is 10.1. The highest BCUT2D eigenvalue weighted by Gasteiger charge is 2.30. The SMILES string of the molecule is CC(=O)Nc1cc(S(=O)(=O)N2CCC(OCCCN)CC2)ccc1C. The summed E-state index contributed by atoms with van der Waals surface area (Å²) >= 11 is 0. The van der Waals surface area contributed by atoms with E-state index in [1.807, 2.05) is 6.92 Å². The summed E-state index contributed by atoms with van der Waals surface area (Å²) in [5, 5.41) is 2.67. The van der Waals surface area contributed by atoms with Crippen molar-refractivity contribution < 1.29 is 17.9 Å². The molecule has 1 amide bonds. The maximum Gasteiger partial charge on any atom is 0.243 e. The molecule has 7 nitrogen and oxygen atoms in total. The Labute approximate surface area is 149 Å². The number of hydrogen-bond acceptors (Lipinski definition) is 5. The van der Waals surface area contributed by atoms with Crippen molar-refractivity contribution >= 4 is 21.6 Å². The zero-order chi connectivity index (χ0) is 18.4.